The molecule has 0 aliphatic carbocycles. The molecule has 0 unspecified atom stereocenters. The van der Waals surface area contributed by atoms with Crippen LogP contribution in [0.1, 0.15) is 57.2 Å². The number of carbonyl (C=O) groups excluding carboxylic acids is 2. The fraction of sp³-hybridized carbons (Fsp3) is 0.318. The highest BCUT2D eigenvalue weighted by Gasteiger charge is 2.27. The second-order valence-electron chi connectivity index (χ2n) is 6.61. The third-order valence-electron chi connectivity index (χ3n) is 4.57. The lowest BCUT2D eigenvalue weighted by Crippen LogP contribution is -2.16. The summed E-state index contributed by atoms with van der Waals surface area (Å²) in [6.45, 7) is 7.90. The molecule has 152 valence electrons. The maximum atomic E-state index is 13.1. The van der Waals surface area contributed by atoms with E-state index in [1.807, 2.05) is 51.1 Å². The fourth-order valence-corrected chi connectivity index (χ4v) is 4.30. The molecule has 1 aromatic carbocycles. The SMILES string of the molecule is CCCOC(=O)c1c(NC(=O)c2c(-c3ccccc3)noc2C)sc(C)c1CC. The van der Waals surface area contributed by atoms with Gasteiger partial charge in [0, 0.05) is 10.4 Å². The summed E-state index contributed by atoms with van der Waals surface area (Å²) in [5.74, 6) is -0.356. The van der Waals surface area contributed by atoms with Crippen LogP contribution in [-0.2, 0) is 11.2 Å². The Hall–Kier alpha value is -2.93. The van der Waals surface area contributed by atoms with Crippen molar-refractivity contribution >= 4 is 28.2 Å². The molecule has 0 aliphatic rings. The maximum Gasteiger partial charge on any atom is 0.341 e. The summed E-state index contributed by atoms with van der Waals surface area (Å²) in [6, 6.07) is 9.38. The Kier molecular flexibility index (Phi) is 6.49. The predicted molar refractivity (Wildman–Crippen MR) is 114 cm³/mol. The van der Waals surface area contributed by atoms with Crippen molar-refractivity contribution in [2.45, 2.75) is 40.5 Å². The lowest BCUT2D eigenvalue weighted by Gasteiger charge is -2.09. The summed E-state index contributed by atoms with van der Waals surface area (Å²) in [5.41, 5.74) is 2.95. The zero-order chi connectivity index (χ0) is 21.0. The van der Waals surface area contributed by atoms with E-state index in [0.717, 1.165) is 22.4 Å². The quantitative estimate of drug-likeness (QED) is 0.525. The van der Waals surface area contributed by atoms with E-state index in [0.29, 0.717) is 40.6 Å². The Labute approximate surface area is 173 Å². The number of aryl methyl sites for hydroxylation is 2. The molecule has 1 amide bonds. The minimum atomic E-state index is -0.409. The topological polar surface area (TPSA) is 81.4 Å². The van der Waals surface area contributed by atoms with Crippen LogP contribution in [0.25, 0.3) is 11.3 Å². The fourth-order valence-electron chi connectivity index (χ4n) is 3.17. The summed E-state index contributed by atoms with van der Waals surface area (Å²) in [5, 5.41) is 7.45. The zero-order valence-electron chi connectivity index (χ0n) is 17.0. The van der Waals surface area contributed by atoms with Crippen molar-refractivity contribution in [1.29, 1.82) is 0 Å². The first kappa shape index (κ1) is 20.8. The van der Waals surface area contributed by atoms with Crippen molar-refractivity contribution in [3.8, 4) is 11.3 Å². The van der Waals surface area contributed by atoms with Crippen molar-refractivity contribution in [3.05, 3.63) is 57.7 Å². The highest BCUT2D eigenvalue weighted by atomic mass is 32.1. The molecule has 0 saturated carbocycles. The van der Waals surface area contributed by atoms with Gasteiger partial charge in [0.25, 0.3) is 5.91 Å². The molecule has 0 saturated heterocycles. The third kappa shape index (κ3) is 4.24. The van der Waals surface area contributed by atoms with Crippen LogP contribution in [0.2, 0.25) is 0 Å². The van der Waals surface area contributed by atoms with Gasteiger partial charge in [-0.3, -0.25) is 4.79 Å². The molecule has 0 atom stereocenters. The first-order valence-corrected chi connectivity index (χ1v) is 10.4. The number of rotatable bonds is 7. The van der Waals surface area contributed by atoms with Gasteiger partial charge in [-0.15, -0.1) is 11.3 Å². The Bertz CT molecular complexity index is 1020. The van der Waals surface area contributed by atoms with E-state index in [-0.39, 0.29) is 5.91 Å². The van der Waals surface area contributed by atoms with Crippen LogP contribution < -0.4 is 5.32 Å². The Morgan fingerprint density at radius 1 is 1.14 bits per heavy atom. The molecular formula is C22H24N2O4S. The number of nitrogens with zero attached hydrogens (tertiary/aromatic N) is 1. The van der Waals surface area contributed by atoms with E-state index in [4.69, 9.17) is 9.26 Å². The largest absolute Gasteiger partial charge is 0.462 e. The van der Waals surface area contributed by atoms with Gasteiger partial charge in [0.1, 0.15) is 22.0 Å². The van der Waals surface area contributed by atoms with Crippen LogP contribution in [0.5, 0.6) is 0 Å². The molecule has 0 bridgehead atoms. The zero-order valence-corrected chi connectivity index (χ0v) is 17.8. The van der Waals surface area contributed by atoms with E-state index < -0.39 is 5.97 Å². The summed E-state index contributed by atoms with van der Waals surface area (Å²) >= 11 is 1.38. The van der Waals surface area contributed by atoms with Gasteiger partial charge in [-0.2, -0.15) is 0 Å². The van der Waals surface area contributed by atoms with Crippen molar-refractivity contribution < 1.29 is 18.8 Å². The molecular weight excluding hydrogens is 388 g/mol. The molecule has 6 nitrogen and oxygen atoms in total. The maximum absolute atomic E-state index is 13.1. The normalized spacial score (nSPS) is 10.8. The molecule has 29 heavy (non-hydrogen) atoms. The Morgan fingerprint density at radius 2 is 1.86 bits per heavy atom. The molecule has 7 heteroatoms. The number of carbonyl (C=O) groups is 2. The number of anilines is 1. The van der Waals surface area contributed by atoms with Crippen LogP contribution in [0.3, 0.4) is 0 Å². The molecule has 3 aromatic rings. The smallest absolute Gasteiger partial charge is 0.341 e. The molecule has 0 fully saturated rings. The van der Waals surface area contributed by atoms with Crippen molar-refractivity contribution in [3.63, 3.8) is 0 Å². The highest BCUT2D eigenvalue weighted by Crippen LogP contribution is 2.35. The Morgan fingerprint density at radius 3 is 2.52 bits per heavy atom. The van der Waals surface area contributed by atoms with Crippen LogP contribution in [0.15, 0.2) is 34.9 Å². The van der Waals surface area contributed by atoms with Gasteiger partial charge >= 0.3 is 5.97 Å². The van der Waals surface area contributed by atoms with Gasteiger partial charge < -0.3 is 14.6 Å². The van der Waals surface area contributed by atoms with Crippen LogP contribution >= 0.6 is 11.3 Å². The van der Waals surface area contributed by atoms with E-state index >= 15 is 0 Å². The van der Waals surface area contributed by atoms with E-state index in [9.17, 15) is 9.59 Å². The summed E-state index contributed by atoms with van der Waals surface area (Å²) in [4.78, 5) is 26.8. The molecule has 2 heterocycles. The number of thiophene rings is 1. The van der Waals surface area contributed by atoms with E-state index in [2.05, 4.69) is 10.5 Å². The summed E-state index contributed by atoms with van der Waals surface area (Å²) in [7, 11) is 0. The van der Waals surface area contributed by atoms with Crippen LogP contribution in [0.4, 0.5) is 5.00 Å². The van der Waals surface area contributed by atoms with Crippen LogP contribution in [0, 0.1) is 13.8 Å². The number of aromatic nitrogens is 1. The van der Waals surface area contributed by atoms with Gasteiger partial charge in [0.05, 0.1) is 12.2 Å². The minimum Gasteiger partial charge on any atom is -0.462 e. The Balaban J connectivity index is 1.97. The number of hydrogen-bond acceptors (Lipinski definition) is 6. The van der Waals surface area contributed by atoms with E-state index in [1.54, 1.807) is 6.92 Å². The number of hydrogen-bond donors (Lipinski definition) is 1. The van der Waals surface area contributed by atoms with Crippen molar-refractivity contribution in [2.75, 3.05) is 11.9 Å². The lowest BCUT2D eigenvalue weighted by atomic mass is 10.1. The van der Waals surface area contributed by atoms with Crippen LogP contribution in [-0.4, -0.2) is 23.6 Å². The van der Waals surface area contributed by atoms with Gasteiger partial charge in [0.2, 0.25) is 0 Å². The number of esters is 1. The number of ether oxygens (including phenoxy) is 1. The van der Waals surface area contributed by atoms with E-state index in [1.165, 1.54) is 11.3 Å². The molecule has 0 spiro atoms. The average molecular weight is 413 g/mol. The first-order valence-electron chi connectivity index (χ1n) is 9.60. The number of benzene rings is 1. The lowest BCUT2D eigenvalue weighted by molar-refractivity contribution is 0.0505. The second-order valence-corrected chi connectivity index (χ2v) is 7.84. The summed E-state index contributed by atoms with van der Waals surface area (Å²) in [6.07, 6.45) is 1.41. The number of nitrogens with one attached hydrogen (secondary N) is 1. The third-order valence-corrected chi connectivity index (χ3v) is 5.63. The van der Waals surface area contributed by atoms with Crippen molar-refractivity contribution in [2.24, 2.45) is 0 Å². The predicted octanol–water partition coefficient (Wildman–Crippen LogP) is 5.40. The van der Waals surface area contributed by atoms with Crippen molar-refractivity contribution in [1.82, 2.24) is 5.16 Å². The highest BCUT2D eigenvalue weighted by molar-refractivity contribution is 7.16. The average Bonchev–Trinajstić information content (AvgIpc) is 3.25. The number of amides is 1. The summed E-state index contributed by atoms with van der Waals surface area (Å²) < 4.78 is 10.6. The minimum absolute atomic E-state index is 0.340. The standard InChI is InChI=1S/C22H24N2O4S/c1-5-12-27-22(26)18-16(6-2)14(4)29-21(18)23-20(25)17-13(3)28-24-19(17)15-10-8-7-9-11-15/h7-11H,5-6,12H2,1-4H3,(H,23,25). The van der Waals surface area contributed by atoms with Gasteiger partial charge in [-0.1, -0.05) is 49.3 Å². The first-order chi connectivity index (χ1) is 14.0. The molecule has 3 rings (SSSR count). The van der Waals surface area contributed by atoms with Gasteiger partial charge in [-0.05, 0) is 32.3 Å². The molecule has 0 aliphatic heterocycles. The second kappa shape index (κ2) is 9.05. The van der Waals surface area contributed by atoms with Gasteiger partial charge in [0.15, 0.2) is 0 Å². The molecule has 2 aromatic heterocycles. The van der Waals surface area contributed by atoms with Gasteiger partial charge in [-0.25, -0.2) is 4.79 Å². The molecule has 1 N–H and O–H groups in total. The molecule has 0 radical (unpaired) electrons. The monoisotopic (exact) mass is 412 g/mol.